The molecule has 0 bridgehead atoms. The minimum atomic E-state index is -2.44. The average molecular weight is 1690 g/mol. The van der Waals surface area contributed by atoms with Crippen molar-refractivity contribution in [2.75, 3.05) is 59.5 Å². The van der Waals surface area contributed by atoms with Gasteiger partial charge in [0.25, 0.3) is 0 Å². The van der Waals surface area contributed by atoms with Crippen LogP contribution in [-0.4, -0.2) is 520 Å². The third kappa shape index (κ3) is 21.1. The Bertz CT molecular complexity index is 2950. The Morgan fingerprint density at radius 1 is 0.313 bits per heavy atom. The zero-order valence-electron chi connectivity index (χ0n) is 61.8. The smallest absolute Gasteiger partial charge is 0.217 e. The third-order valence-electron chi connectivity index (χ3n) is 21.2. The first-order valence-electron chi connectivity index (χ1n) is 36.8. The molecule has 9 aliphatic rings. The van der Waals surface area contributed by atoms with Crippen LogP contribution < -0.4 is 10.6 Å². The minimum Gasteiger partial charge on any atom is -0.394 e. The van der Waals surface area contributed by atoms with Gasteiger partial charge >= 0.3 is 0 Å². The number of hydrogen-bond acceptors (Lipinski definition) is 49. The summed E-state index contributed by atoms with van der Waals surface area (Å²) < 4.78 is 103. The van der Waals surface area contributed by atoms with Crippen molar-refractivity contribution in [1.29, 1.82) is 0 Å². The van der Waals surface area contributed by atoms with Crippen molar-refractivity contribution < 1.29 is 243 Å². The van der Waals surface area contributed by atoms with Crippen LogP contribution in [0.5, 0.6) is 0 Å². The molecule has 0 unspecified atom stereocenters. The van der Waals surface area contributed by atoms with E-state index in [2.05, 4.69) is 10.6 Å². The minimum absolute atomic E-state index is 0.914. The van der Waals surface area contributed by atoms with Crippen LogP contribution in [0.4, 0.5) is 0 Å². The van der Waals surface area contributed by atoms with E-state index in [0.29, 0.717) is 0 Å². The normalized spacial score (nSPS) is 49.2. The van der Waals surface area contributed by atoms with Crippen molar-refractivity contribution in [3.8, 4) is 0 Å². The number of carbonyl (C=O) groups excluding carboxylic acids is 2. The molecule has 0 aliphatic carbocycles. The number of aliphatic hydroxyl groups is 29. The Labute approximate surface area is 651 Å². The van der Waals surface area contributed by atoms with Gasteiger partial charge in [0.05, 0.1) is 77.7 Å². The molecule has 2 amide bonds. The van der Waals surface area contributed by atoms with Gasteiger partial charge in [-0.1, -0.05) is 0 Å². The molecule has 51 nitrogen and oxygen atoms in total. The molecule has 670 valence electrons. The Morgan fingerprint density at radius 3 is 1.00 bits per heavy atom. The maximum atomic E-state index is 12.8. The fourth-order valence-electron chi connectivity index (χ4n) is 14.6. The fourth-order valence-corrected chi connectivity index (χ4v) is 14.6. The van der Waals surface area contributed by atoms with Gasteiger partial charge < -0.3 is 244 Å². The van der Waals surface area contributed by atoms with Crippen LogP contribution in [0.25, 0.3) is 0 Å². The standard InChI is InChI=1S/C64H110N2O49/c1-14-28(78)36(86)42(92)57(99-14)114-54-38(88)31(81)20(6-68)103-63(54)112-52-33(83)22(8-70)101-61(46(52)96)110-50-25(11-73)106-59(44(94)40(50)90)108-48(18(5-67)65-16(3)75)30(80)19(77)13-98-56-27(66-17(4)76)35(85)49(24(10-72)105-56)109-60-45(95)41(91)51(26(12-74)107-60)111-62-47(97)53(34(84)23(9-71)102-62)113-64-55(39(89)32(82)21(7-69)104-64)115-58-43(93)37(87)29(79)15(2)100-58/h14-15,18-64,67-74,77-97H,5-13H2,1-4H3,(H,65,75)(H,66,76)/t14-,15-,18-,19+,20+,21+,22+,23+,24+,25+,26+,27+,28+,29+,30-,31-,32-,33-,34-,35+,36+,37+,38-,39-,40+,41+,42-,43-,44+,45+,46+,47+,48+,49+,50-,51-,52-,53-,54+,55+,56+,57-,58-,59-,60-,61+,62+,63+,64+/m0/s1. The molecule has 0 aromatic rings. The lowest BCUT2D eigenvalue weighted by Gasteiger charge is -2.50. The molecule has 9 aliphatic heterocycles. The van der Waals surface area contributed by atoms with Crippen LogP contribution in [0.3, 0.4) is 0 Å². The predicted octanol–water partition coefficient (Wildman–Crippen LogP) is -20.8. The molecule has 0 radical (unpaired) electrons. The van der Waals surface area contributed by atoms with Crippen LogP contribution in [-0.2, 0) is 94.9 Å². The highest BCUT2D eigenvalue weighted by Crippen LogP contribution is 2.40. The van der Waals surface area contributed by atoms with Crippen LogP contribution in [0.1, 0.15) is 27.7 Å². The van der Waals surface area contributed by atoms with E-state index < -0.39 is 372 Å². The number of carbonyl (C=O) groups is 2. The van der Waals surface area contributed by atoms with Crippen LogP contribution >= 0.6 is 0 Å². The number of nitrogens with one attached hydrogen (secondary N) is 2. The van der Waals surface area contributed by atoms with Crippen molar-refractivity contribution in [3.63, 3.8) is 0 Å². The highest BCUT2D eigenvalue weighted by molar-refractivity contribution is 5.73. The predicted molar refractivity (Wildman–Crippen MR) is 352 cm³/mol. The zero-order chi connectivity index (χ0) is 85.0. The van der Waals surface area contributed by atoms with Crippen LogP contribution in [0.15, 0.2) is 0 Å². The molecule has 9 heterocycles. The van der Waals surface area contributed by atoms with Gasteiger partial charge in [-0.15, -0.1) is 0 Å². The van der Waals surface area contributed by atoms with E-state index in [9.17, 15) is 158 Å². The van der Waals surface area contributed by atoms with Crippen molar-refractivity contribution in [2.45, 2.75) is 328 Å². The Morgan fingerprint density at radius 2 is 0.617 bits per heavy atom. The molecule has 9 saturated heterocycles. The van der Waals surface area contributed by atoms with E-state index in [1.165, 1.54) is 13.8 Å². The first-order chi connectivity index (χ1) is 54.3. The van der Waals surface area contributed by atoms with Crippen molar-refractivity contribution in [1.82, 2.24) is 10.6 Å². The molecule has 9 rings (SSSR count). The summed E-state index contributed by atoms with van der Waals surface area (Å²) in [6.07, 6.45) is -94.5. The summed E-state index contributed by atoms with van der Waals surface area (Å²) >= 11 is 0. The van der Waals surface area contributed by atoms with Crippen molar-refractivity contribution >= 4 is 11.8 Å². The number of ether oxygens (including phenoxy) is 18. The van der Waals surface area contributed by atoms with E-state index in [1.807, 2.05) is 0 Å². The van der Waals surface area contributed by atoms with Gasteiger partial charge in [0.15, 0.2) is 56.6 Å². The van der Waals surface area contributed by atoms with E-state index in [-0.39, 0.29) is 0 Å². The summed E-state index contributed by atoms with van der Waals surface area (Å²) in [7, 11) is 0. The maximum Gasteiger partial charge on any atom is 0.217 e. The van der Waals surface area contributed by atoms with Gasteiger partial charge in [0, 0.05) is 13.8 Å². The largest absolute Gasteiger partial charge is 0.394 e. The van der Waals surface area contributed by atoms with Gasteiger partial charge in [-0.25, -0.2) is 0 Å². The summed E-state index contributed by atoms with van der Waals surface area (Å²) in [5, 5.41) is 323. The fraction of sp³-hybridized carbons (Fsp3) is 0.969. The number of amides is 2. The molecule has 0 aromatic carbocycles. The highest BCUT2D eigenvalue weighted by Gasteiger charge is 2.61. The Hall–Kier alpha value is -2.94. The summed E-state index contributed by atoms with van der Waals surface area (Å²) in [5.74, 6) is -1.84. The second-order valence-corrected chi connectivity index (χ2v) is 29.2. The third-order valence-corrected chi connectivity index (χ3v) is 21.2. The van der Waals surface area contributed by atoms with E-state index in [1.54, 1.807) is 0 Å². The van der Waals surface area contributed by atoms with Gasteiger partial charge in [-0.2, -0.15) is 0 Å². The van der Waals surface area contributed by atoms with Gasteiger partial charge in [-0.05, 0) is 13.8 Å². The Balaban J connectivity index is 0.847. The highest BCUT2D eigenvalue weighted by atomic mass is 16.8. The molecule has 0 saturated carbocycles. The molecule has 0 aromatic heterocycles. The van der Waals surface area contributed by atoms with Crippen molar-refractivity contribution in [3.05, 3.63) is 0 Å². The molecular weight excluding hydrogens is 1580 g/mol. The number of hydrogen-bond donors (Lipinski definition) is 31. The Kier molecular flexibility index (Phi) is 35.0. The summed E-state index contributed by atoms with van der Waals surface area (Å²) in [6.45, 7) is -5.52. The van der Waals surface area contributed by atoms with Crippen LogP contribution in [0, 0.1) is 0 Å². The van der Waals surface area contributed by atoms with Gasteiger partial charge in [0.2, 0.25) is 11.8 Å². The van der Waals surface area contributed by atoms with E-state index >= 15 is 0 Å². The molecule has 115 heavy (non-hydrogen) atoms. The monoisotopic (exact) mass is 1690 g/mol. The SMILES string of the molecule is CC(=O)N[C@H]1[C@H](OC[C@@H](O)[C@H](O)[C@H](O[C@@H]2O[C@H](CO)[C@H](O[C@H]3O[C@H](CO)[C@H](O)[C@H](O[C@H]4O[C@H](CO)[C@H](O)[C@H](O)[C@H]4O[C@@H]4O[C@@H](C)[C@@H](O)[C@@H](O)[C@@H]4O)[C@H]3O)[C@H](O)[C@H]2O)[C@H](CO)NC(C)=O)O[C@H](CO)[C@@H](O[C@@H]2O[C@H](CO)[C@H](O[C@H]3O[C@H](CO)[C@H](O)[C@H](O[C@H]4O[C@H](CO)[C@H](O)[C@H](O)[C@H]4O[C@@H]4O[C@@H](C)[C@@H](O)[C@@H](O)[C@@H]4O)[C@H]3O)[C@H](O)[C@H]2O)[C@@H]1O. The molecule has 51 heteroatoms. The summed E-state index contributed by atoms with van der Waals surface area (Å²) in [4.78, 5) is 25.3. The second-order valence-electron chi connectivity index (χ2n) is 29.2. The molecule has 31 N–H and O–H groups in total. The van der Waals surface area contributed by atoms with E-state index in [4.69, 9.17) is 85.3 Å². The lowest BCUT2D eigenvalue weighted by atomic mass is 9.94. The molecule has 0 spiro atoms. The average Bonchev–Trinajstić information content (AvgIpc) is 0.775. The first-order valence-corrected chi connectivity index (χ1v) is 36.8. The number of rotatable bonds is 32. The molecule has 9 fully saturated rings. The topological polar surface area (TPSA) is 811 Å². The quantitative estimate of drug-likeness (QED) is 0.0297. The lowest BCUT2D eigenvalue weighted by Crippen LogP contribution is -2.69. The maximum absolute atomic E-state index is 12.8. The molecule has 49 atom stereocenters. The van der Waals surface area contributed by atoms with E-state index in [0.717, 1.165) is 13.8 Å². The van der Waals surface area contributed by atoms with Gasteiger partial charge in [-0.3, -0.25) is 9.59 Å². The van der Waals surface area contributed by atoms with Crippen LogP contribution in [0.2, 0.25) is 0 Å². The summed E-state index contributed by atoms with van der Waals surface area (Å²) in [6, 6.07) is -3.66. The first kappa shape index (κ1) is 95.9. The number of aliphatic hydroxyl groups excluding tert-OH is 29. The molecular formula is C64H110N2O49. The second kappa shape index (κ2) is 42.0. The lowest BCUT2D eigenvalue weighted by molar-refractivity contribution is -0.398. The zero-order valence-corrected chi connectivity index (χ0v) is 61.8. The van der Waals surface area contributed by atoms with Crippen molar-refractivity contribution in [2.24, 2.45) is 0 Å². The summed E-state index contributed by atoms with van der Waals surface area (Å²) in [5.41, 5.74) is 0. The van der Waals surface area contributed by atoms with Gasteiger partial charge in [0.1, 0.15) is 226 Å².